The van der Waals surface area contributed by atoms with Crippen LogP contribution in [0.2, 0.25) is 0 Å². The maximum absolute atomic E-state index is 12.0. The second-order valence-corrected chi connectivity index (χ2v) is 4.62. The van der Waals surface area contributed by atoms with Crippen LogP contribution in [0.5, 0.6) is 0 Å². The van der Waals surface area contributed by atoms with Gasteiger partial charge in [0.15, 0.2) is 0 Å². The quantitative estimate of drug-likeness (QED) is 0.788. The highest BCUT2D eigenvalue weighted by Gasteiger charge is 2.27. The van der Waals surface area contributed by atoms with Crippen LogP contribution < -0.4 is 5.32 Å². The number of amides is 1. The van der Waals surface area contributed by atoms with Gasteiger partial charge in [-0.15, -0.1) is 12.4 Å². The van der Waals surface area contributed by atoms with Gasteiger partial charge in [0.1, 0.15) is 0 Å². The molecule has 2 atom stereocenters. The van der Waals surface area contributed by atoms with Gasteiger partial charge in [0.25, 0.3) is 0 Å². The number of rotatable bonds is 2. The largest absolute Gasteiger partial charge is 0.343 e. The third kappa shape index (κ3) is 3.99. The van der Waals surface area contributed by atoms with Gasteiger partial charge in [-0.2, -0.15) is 0 Å². The average Bonchev–Trinajstić information content (AvgIpc) is 2.15. The van der Waals surface area contributed by atoms with Crippen molar-refractivity contribution in [3.8, 4) is 0 Å². The van der Waals surface area contributed by atoms with Crippen LogP contribution in [0.1, 0.15) is 33.6 Å². The van der Waals surface area contributed by atoms with Gasteiger partial charge >= 0.3 is 0 Å². The Hall–Kier alpha value is -0.280. The molecule has 1 aliphatic heterocycles. The molecule has 90 valence electrons. The Morgan fingerprint density at radius 1 is 1.47 bits per heavy atom. The number of carbonyl (C=O) groups is 1. The van der Waals surface area contributed by atoms with E-state index in [1.165, 1.54) is 0 Å². The zero-order valence-corrected chi connectivity index (χ0v) is 10.9. The van der Waals surface area contributed by atoms with Crippen LogP contribution in [0.3, 0.4) is 0 Å². The summed E-state index contributed by atoms with van der Waals surface area (Å²) in [5, 5.41) is 3.36. The standard InChI is InChI=1S/C11H22N2O.ClH/c1-8(2)13(4)11(14)10-5-6-12-9(3)7-10;/h8-10,12H,5-7H2,1-4H3;1H/t9-,10-;/m0./s1. The molecule has 0 spiro atoms. The SMILES string of the molecule is CC(C)N(C)C(=O)[C@H]1CCN[C@@H](C)C1.Cl. The molecule has 0 aromatic heterocycles. The molecule has 0 aromatic carbocycles. The van der Waals surface area contributed by atoms with Crippen molar-refractivity contribution < 1.29 is 4.79 Å². The van der Waals surface area contributed by atoms with Crippen LogP contribution >= 0.6 is 12.4 Å². The molecular formula is C11H23ClN2O. The van der Waals surface area contributed by atoms with Crippen LogP contribution in [0.15, 0.2) is 0 Å². The third-order valence-corrected chi connectivity index (χ3v) is 3.10. The summed E-state index contributed by atoms with van der Waals surface area (Å²) in [4.78, 5) is 13.8. The van der Waals surface area contributed by atoms with Gasteiger partial charge in [-0.25, -0.2) is 0 Å². The van der Waals surface area contributed by atoms with E-state index in [0.717, 1.165) is 19.4 Å². The fourth-order valence-corrected chi connectivity index (χ4v) is 1.90. The lowest BCUT2D eigenvalue weighted by atomic mass is 9.92. The summed E-state index contributed by atoms with van der Waals surface area (Å²) < 4.78 is 0. The van der Waals surface area contributed by atoms with E-state index in [1.54, 1.807) is 0 Å². The zero-order valence-electron chi connectivity index (χ0n) is 10.1. The summed E-state index contributed by atoms with van der Waals surface area (Å²) in [6.07, 6.45) is 1.97. The topological polar surface area (TPSA) is 32.3 Å². The van der Waals surface area contributed by atoms with Gasteiger partial charge in [0, 0.05) is 25.0 Å². The zero-order chi connectivity index (χ0) is 10.7. The minimum absolute atomic E-state index is 0. The second kappa shape index (κ2) is 6.33. The van der Waals surface area contributed by atoms with Gasteiger partial charge in [-0.3, -0.25) is 4.79 Å². The number of nitrogens with one attached hydrogen (secondary N) is 1. The van der Waals surface area contributed by atoms with Crippen LogP contribution in [-0.4, -0.2) is 36.5 Å². The first kappa shape index (κ1) is 14.7. The lowest BCUT2D eigenvalue weighted by Crippen LogP contribution is -2.44. The fourth-order valence-electron chi connectivity index (χ4n) is 1.90. The first-order valence-electron chi connectivity index (χ1n) is 5.52. The number of piperidine rings is 1. The van der Waals surface area contributed by atoms with E-state index in [9.17, 15) is 4.79 Å². The Morgan fingerprint density at radius 2 is 2.07 bits per heavy atom. The molecule has 0 unspecified atom stereocenters. The highest BCUT2D eigenvalue weighted by Crippen LogP contribution is 2.18. The van der Waals surface area contributed by atoms with E-state index >= 15 is 0 Å². The normalized spacial score (nSPS) is 25.9. The first-order valence-corrected chi connectivity index (χ1v) is 5.52. The maximum atomic E-state index is 12.0. The average molecular weight is 235 g/mol. The van der Waals surface area contributed by atoms with Crippen molar-refractivity contribution in [1.29, 1.82) is 0 Å². The van der Waals surface area contributed by atoms with E-state index < -0.39 is 0 Å². The van der Waals surface area contributed by atoms with Crippen molar-refractivity contribution in [1.82, 2.24) is 10.2 Å². The molecule has 0 bridgehead atoms. The minimum Gasteiger partial charge on any atom is -0.343 e. The molecule has 1 rings (SSSR count). The molecule has 1 aliphatic rings. The lowest BCUT2D eigenvalue weighted by molar-refractivity contribution is -0.136. The van der Waals surface area contributed by atoms with Crippen molar-refractivity contribution in [2.45, 2.75) is 45.7 Å². The van der Waals surface area contributed by atoms with Crippen LogP contribution in [0.25, 0.3) is 0 Å². The van der Waals surface area contributed by atoms with Gasteiger partial charge in [-0.1, -0.05) is 0 Å². The summed E-state index contributed by atoms with van der Waals surface area (Å²) in [5.74, 6) is 0.548. The number of halogens is 1. The molecule has 1 saturated heterocycles. The Labute approximate surface area is 99.0 Å². The van der Waals surface area contributed by atoms with E-state index in [4.69, 9.17) is 0 Å². The summed E-state index contributed by atoms with van der Waals surface area (Å²) >= 11 is 0. The van der Waals surface area contributed by atoms with E-state index in [-0.39, 0.29) is 18.3 Å². The lowest BCUT2D eigenvalue weighted by Gasteiger charge is -2.32. The Morgan fingerprint density at radius 3 is 2.53 bits per heavy atom. The number of nitrogens with zero attached hydrogens (tertiary/aromatic N) is 1. The van der Waals surface area contributed by atoms with Gasteiger partial charge in [-0.05, 0) is 40.2 Å². The van der Waals surface area contributed by atoms with Crippen molar-refractivity contribution in [2.24, 2.45) is 5.92 Å². The van der Waals surface area contributed by atoms with E-state index in [1.807, 2.05) is 11.9 Å². The molecule has 0 radical (unpaired) electrons. The molecule has 0 saturated carbocycles. The highest BCUT2D eigenvalue weighted by atomic mass is 35.5. The molecule has 15 heavy (non-hydrogen) atoms. The fraction of sp³-hybridized carbons (Fsp3) is 0.909. The molecule has 3 nitrogen and oxygen atoms in total. The van der Waals surface area contributed by atoms with Gasteiger partial charge in [0.2, 0.25) is 5.91 Å². The summed E-state index contributed by atoms with van der Waals surface area (Å²) in [6.45, 7) is 7.24. The molecule has 1 N–H and O–H groups in total. The molecule has 1 fully saturated rings. The first-order chi connectivity index (χ1) is 6.52. The predicted octanol–water partition coefficient (Wildman–Crippen LogP) is 1.66. The molecule has 1 amide bonds. The van der Waals surface area contributed by atoms with Crippen LogP contribution in [0.4, 0.5) is 0 Å². The van der Waals surface area contributed by atoms with Gasteiger partial charge < -0.3 is 10.2 Å². The van der Waals surface area contributed by atoms with Crippen molar-refractivity contribution >= 4 is 18.3 Å². The molecule has 0 aliphatic carbocycles. The number of carbonyl (C=O) groups excluding carboxylic acids is 1. The number of hydrogen-bond acceptors (Lipinski definition) is 2. The Kier molecular flexibility index (Phi) is 6.22. The van der Waals surface area contributed by atoms with Crippen molar-refractivity contribution in [3.05, 3.63) is 0 Å². The van der Waals surface area contributed by atoms with E-state index in [0.29, 0.717) is 18.0 Å². The smallest absolute Gasteiger partial charge is 0.225 e. The minimum atomic E-state index is 0. The third-order valence-electron chi connectivity index (χ3n) is 3.10. The van der Waals surface area contributed by atoms with E-state index in [2.05, 4.69) is 26.1 Å². The Bertz CT molecular complexity index is 209. The summed E-state index contributed by atoms with van der Waals surface area (Å²) in [7, 11) is 1.90. The summed E-state index contributed by atoms with van der Waals surface area (Å²) in [6, 6.07) is 0.797. The molecule has 0 aromatic rings. The maximum Gasteiger partial charge on any atom is 0.225 e. The Balaban J connectivity index is 0.00000196. The van der Waals surface area contributed by atoms with Crippen molar-refractivity contribution in [3.63, 3.8) is 0 Å². The second-order valence-electron chi connectivity index (χ2n) is 4.62. The highest BCUT2D eigenvalue weighted by molar-refractivity contribution is 5.85. The van der Waals surface area contributed by atoms with Crippen molar-refractivity contribution in [2.75, 3.05) is 13.6 Å². The predicted molar refractivity (Wildman–Crippen MR) is 65.3 cm³/mol. The van der Waals surface area contributed by atoms with Crippen LogP contribution in [-0.2, 0) is 4.79 Å². The van der Waals surface area contributed by atoms with Gasteiger partial charge in [0.05, 0.1) is 0 Å². The monoisotopic (exact) mass is 234 g/mol. The molecule has 1 heterocycles. The molecular weight excluding hydrogens is 212 g/mol. The number of hydrogen-bond donors (Lipinski definition) is 1. The van der Waals surface area contributed by atoms with Crippen LogP contribution in [0, 0.1) is 5.92 Å². The molecule has 4 heteroatoms. The summed E-state index contributed by atoms with van der Waals surface area (Å²) in [5.41, 5.74) is 0.